The summed E-state index contributed by atoms with van der Waals surface area (Å²) in [6, 6.07) is 7.66. The lowest BCUT2D eigenvalue weighted by Gasteiger charge is -2.35. The number of hydrogen-bond acceptors (Lipinski definition) is 4. The Morgan fingerprint density at radius 3 is 2.50 bits per heavy atom. The predicted molar refractivity (Wildman–Crippen MR) is 81.2 cm³/mol. The molecule has 0 amide bonds. The Labute approximate surface area is 127 Å². The number of rotatable bonds is 5. The van der Waals surface area contributed by atoms with Gasteiger partial charge in [0, 0.05) is 9.89 Å². The molecule has 1 heterocycles. The lowest BCUT2D eigenvalue weighted by molar-refractivity contribution is 0.0124. The molecule has 0 bridgehead atoms. The van der Waals surface area contributed by atoms with E-state index < -0.39 is 15.3 Å². The Morgan fingerprint density at radius 1 is 1.30 bits per heavy atom. The van der Waals surface area contributed by atoms with E-state index in [0.29, 0.717) is 12.8 Å². The molecule has 20 heavy (non-hydrogen) atoms. The smallest absolute Gasteiger partial charge is 0.150 e. The summed E-state index contributed by atoms with van der Waals surface area (Å²) in [5, 5.41) is 19.5. The zero-order valence-electron chi connectivity index (χ0n) is 11.1. The van der Waals surface area contributed by atoms with Gasteiger partial charge in [0.2, 0.25) is 0 Å². The molecule has 0 spiro atoms. The maximum atomic E-state index is 11.7. The monoisotopic (exact) mass is 362 g/mol. The minimum Gasteiger partial charge on any atom is -0.396 e. The van der Waals surface area contributed by atoms with Crippen molar-refractivity contribution >= 4 is 25.8 Å². The van der Waals surface area contributed by atoms with Crippen LogP contribution >= 0.6 is 15.9 Å². The lowest BCUT2D eigenvalue weighted by Crippen LogP contribution is -2.41. The van der Waals surface area contributed by atoms with Crippen molar-refractivity contribution in [3.63, 3.8) is 0 Å². The summed E-state index contributed by atoms with van der Waals surface area (Å²) in [6.07, 6.45) is 0.983. The quantitative estimate of drug-likeness (QED) is 0.829. The minimum absolute atomic E-state index is 0.0577. The van der Waals surface area contributed by atoms with Crippen LogP contribution in [0.1, 0.15) is 12.0 Å². The van der Waals surface area contributed by atoms with E-state index in [-0.39, 0.29) is 30.6 Å². The van der Waals surface area contributed by atoms with E-state index in [1.54, 1.807) is 0 Å². The standard InChI is InChI=1S/C14H19BrO4S/c15-13-3-1-2-11(6-13)7-14(9-16,10-17)12-4-5-20(18,19)8-12/h1-3,6,12,16-17H,4-5,7-10H2. The van der Waals surface area contributed by atoms with E-state index in [9.17, 15) is 18.6 Å². The van der Waals surface area contributed by atoms with Gasteiger partial charge in [0.05, 0.1) is 24.7 Å². The third-order valence-electron chi connectivity index (χ3n) is 4.17. The molecule has 112 valence electrons. The van der Waals surface area contributed by atoms with Crippen molar-refractivity contribution in [3.05, 3.63) is 34.3 Å². The summed E-state index contributed by atoms with van der Waals surface area (Å²) in [5.74, 6) is 0.0153. The summed E-state index contributed by atoms with van der Waals surface area (Å²) in [6.45, 7) is -0.424. The van der Waals surface area contributed by atoms with E-state index in [1.807, 2.05) is 24.3 Å². The van der Waals surface area contributed by atoms with Crippen LogP contribution in [0.4, 0.5) is 0 Å². The van der Waals surface area contributed by atoms with Crippen LogP contribution in [-0.2, 0) is 16.3 Å². The molecule has 1 fully saturated rings. The Hall–Kier alpha value is -0.430. The zero-order chi connectivity index (χ0) is 14.8. The Bertz CT molecular complexity index is 566. The minimum atomic E-state index is -3.03. The van der Waals surface area contributed by atoms with Crippen LogP contribution < -0.4 is 0 Å². The molecular formula is C14H19BrO4S. The lowest BCUT2D eigenvalue weighted by atomic mass is 9.72. The largest absolute Gasteiger partial charge is 0.396 e. The van der Waals surface area contributed by atoms with Gasteiger partial charge in [-0.25, -0.2) is 8.42 Å². The van der Waals surface area contributed by atoms with Gasteiger partial charge in [-0.15, -0.1) is 0 Å². The first-order chi connectivity index (χ1) is 9.41. The number of hydrogen-bond donors (Lipinski definition) is 2. The average Bonchev–Trinajstić information content (AvgIpc) is 2.77. The van der Waals surface area contributed by atoms with Crippen LogP contribution in [0.5, 0.6) is 0 Å². The molecule has 4 nitrogen and oxygen atoms in total. The average molecular weight is 363 g/mol. The van der Waals surface area contributed by atoms with Crippen molar-refractivity contribution < 1.29 is 18.6 Å². The number of benzene rings is 1. The van der Waals surface area contributed by atoms with Crippen molar-refractivity contribution in [1.82, 2.24) is 0 Å². The summed E-state index contributed by atoms with van der Waals surface area (Å²) in [7, 11) is -3.03. The highest BCUT2D eigenvalue weighted by atomic mass is 79.9. The second-order valence-corrected chi connectivity index (χ2v) is 8.73. The topological polar surface area (TPSA) is 74.6 Å². The third kappa shape index (κ3) is 3.42. The number of aliphatic hydroxyl groups is 2. The fraction of sp³-hybridized carbons (Fsp3) is 0.571. The molecule has 1 aliphatic rings. The number of halogens is 1. The molecule has 0 saturated carbocycles. The highest BCUT2D eigenvalue weighted by Crippen LogP contribution is 2.38. The molecule has 1 aliphatic heterocycles. The summed E-state index contributed by atoms with van der Waals surface area (Å²) in [5.41, 5.74) is 0.205. The fourth-order valence-corrected chi connectivity index (χ4v) is 5.29. The molecule has 1 atom stereocenters. The zero-order valence-corrected chi connectivity index (χ0v) is 13.5. The first kappa shape index (κ1) is 15.9. The Balaban J connectivity index is 2.26. The van der Waals surface area contributed by atoms with Crippen LogP contribution in [0.15, 0.2) is 28.7 Å². The van der Waals surface area contributed by atoms with Gasteiger partial charge in [0.15, 0.2) is 9.84 Å². The van der Waals surface area contributed by atoms with E-state index in [0.717, 1.165) is 10.0 Å². The molecular weight excluding hydrogens is 344 g/mol. The SMILES string of the molecule is O=S1(=O)CCC(C(CO)(CO)Cc2cccc(Br)c2)C1. The molecule has 1 aromatic rings. The molecule has 1 unspecified atom stereocenters. The van der Waals surface area contributed by atoms with E-state index in [4.69, 9.17) is 0 Å². The highest BCUT2D eigenvalue weighted by molar-refractivity contribution is 9.10. The predicted octanol–water partition coefficient (Wildman–Crippen LogP) is 1.40. The number of sulfone groups is 1. The van der Waals surface area contributed by atoms with Crippen LogP contribution in [0.25, 0.3) is 0 Å². The van der Waals surface area contributed by atoms with Gasteiger partial charge >= 0.3 is 0 Å². The first-order valence-corrected chi connectivity index (χ1v) is 9.19. The highest BCUT2D eigenvalue weighted by Gasteiger charge is 2.44. The molecule has 0 radical (unpaired) electrons. The van der Waals surface area contributed by atoms with Gasteiger partial charge in [-0.1, -0.05) is 28.1 Å². The fourth-order valence-electron chi connectivity index (χ4n) is 2.90. The summed E-state index contributed by atoms with van der Waals surface area (Å²) >= 11 is 3.39. The first-order valence-electron chi connectivity index (χ1n) is 6.57. The van der Waals surface area contributed by atoms with Gasteiger partial charge < -0.3 is 10.2 Å². The van der Waals surface area contributed by atoms with Crippen molar-refractivity contribution in [2.75, 3.05) is 24.7 Å². The Kier molecular flexibility index (Phi) is 4.89. The van der Waals surface area contributed by atoms with Crippen molar-refractivity contribution in [1.29, 1.82) is 0 Å². The van der Waals surface area contributed by atoms with Crippen molar-refractivity contribution in [3.8, 4) is 0 Å². The van der Waals surface area contributed by atoms with Gasteiger partial charge in [-0.05, 0) is 36.5 Å². The van der Waals surface area contributed by atoms with Crippen LogP contribution in [-0.4, -0.2) is 43.4 Å². The van der Waals surface area contributed by atoms with Gasteiger partial charge in [-0.2, -0.15) is 0 Å². The molecule has 6 heteroatoms. The second kappa shape index (κ2) is 6.13. The van der Waals surface area contributed by atoms with E-state index in [1.165, 1.54) is 0 Å². The molecule has 0 aliphatic carbocycles. The molecule has 0 aromatic heterocycles. The van der Waals surface area contributed by atoms with Gasteiger partial charge in [-0.3, -0.25) is 0 Å². The van der Waals surface area contributed by atoms with Gasteiger partial charge in [0.25, 0.3) is 0 Å². The molecule has 2 rings (SSSR count). The van der Waals surface area contributed by atoms with Crippen molar-refractivity contribution in [2.45, 2.75) is 12.8 Å². The maximum Gasteiger partial charge on any atom is 0.150 e. The van der Waals surface area contributed by atoms with Crippen molar-refractivity contribution in [2.24, 2.45) is 11.3 Å². The second-order valence-electron chi connectivity index (χ2n) is 5.59. The third-order valence-corrected chi connectivity index (χ3v) is 6.43. The van der Waals surface area contributed by atoms with Crippen LogP contribution in [0.3, 0.4) is 0 Å². The summed E-state index contributed by atoms with van der Waals surface area (Å²) < 4.78 is 24.2. The van der Waals surface area contributed by atoms with E-state index >= 15 is 0 Å². The Morgan fingerprint density at radius 2 is 2.00 bits per heavy atom. The van der Waals surface area contributed by atoms with Gasteiger partial charge in [0.1, 0.15) is 0 Å². The van der Waals surface area contributed by atoms with E-state index in [2.05, 4.69) is 15.9 Å². The number of aliphatic hydroxyl groups excluding tert-OH is 2. The molecule has 1 aromatic carbocycles. The summed E-state index contributed by atoms with van der Waals surface area (Å²) in [4.78, 5) is 0. The van der Waals surface area contributed by atoms with Crippen LogP contribution in [0, 0.1) is 11.3 Å². The normalized spacial score (nSPS) is 22.1. The molecule has 1 saturated heterocycles. The maximum absolute atomic E-state index is 11.7. The molecule has 2 N–H and O–H groups in total. The van der Waals surface area contributed by atoms with Crippen LogP contribution in [0.2, 0.25) is 0 Å².